The number of nitrogens with zero attached hydrogens (tertiary/aromatic N) is 1. The molecule has 0 fully saturated rings. The van der Waals surface area contributed by atoms with E-state index in [9.17, 15) is 0 Å². The number of rotatable bonds is 4. The van der Waals surface area contributed by atoms with Crippen molar-refractivity contribution in [2.24, 2.45) is 0 Å². The maximum absolute atomic E-state index is 5.07. The molecule has 0 aromatic heterocycles. The molecular formula is C7H16NOSi. The summed E-state index contributed by atoms with van der Waals surface area (Å²) in [6, 6.07) is 0. The minimum Gasteiger partial charge on any atom is -0.412 e. The van der Waals surface area contributed by atoms with Crippen LogP contribution in [0.4, 0.5) is 0 Å². The molecule has 0 aliphatic heterocycles. The van der Waals surface area contributed by atoms with Gasteiger partial charge in [-0.25, -0.2) is 0 Å². The van der Waals surface area contributed by atoms with Crippen molar-refractivity contribution in [3.8, 4) is 0 Å². The fraction of sp³-hybridized carbons (Fsp3) is 1.00. The summed E-state index contributed by atoms with van der Waals surface area (Å²) >= 11 is 0. The van der Waals surface area contributed by atoms with E-state index in [1.54, 1.807) is 0 Å². The molecule has 0 bridgehead atoms. The first-order chi connectivity index (χ1) is 4.52. The molecule has 0 aromatic carbocycles. The second kappa shape index (κ2) is 4.11. The fourth-order valence-corrected chi connectivity index (χ4v) is 0.859. The zero-order valence-corrected chi connectivity index (χ0v) is 8.27. The van der Waals surface area contributed by atoms with Crippen LogP contribution in [0.5, 0.6) is 0 Å². The van der Waals surface area contributed by atoms with E-state index in [1.807, 2.05) is 13.8 Å². The SMILES string of the molecule is CCN(C)CC(C)(C)O[Si]. The molecule has 0 aliphatic carbocycles. The molecule has 0 saturated carbocycles. The normalized spacial score (nSPS) is 12.6. The molecule has 10 heavy (non-hydrogen) atoms. The molecule has 0 unspecified atom stereocenters. The summed E-state index contributed by atoms with van der Waals surface area (Å²) in [4.78, 5) is 2.21. The van der Waals surface area contributed by atoms with Crippen LogP contribution >= 0.6 is 0 Å². The van der Waals surface area contributed by atoms with Gasteiger partial charge in [-0.15, -0.1) is 0 Å². The largest absolute Gasteiger partial charge is 0.412 e. The second-order valence-electron chi connectivity index (χ2n) is 3.19. The molecular weight excluding hydrogens is 142 g/mol. The van der Waals surface area contributed by atoms with E-state index in [-0.39, 0.29) is 5.60 Å². The minimum absolute atomic E-state index is 0.0956. The van der Waals surface area contributed by atoms with Crippen molar-refractivity contribution in [1.82, 2.24) is 4.90 Å². The molecule has 0 heterocycles. The van der Waals surface area contributed by atoms with Crippen molar-refractivity contribution < 1.29 is 4.43 Å². The van der Waals surface area contributed by atoms with Gasteiger partial charge in [0.2, 0.25) is 10.5 Å². The molecule has 3 radical (unpaired) electrons. The Morgan fingerprint density at radius 2 is 2.00 bits per heavy atom. The van der Waals surface area contributed by atoms with Crippen LogP contribution in [0.25, 0.3) is 0 Å². The van der Waals surface area contributed by atoms with E-state index in [0.29, 0.717) is 0 Å². The standard InChI is InChI=1S/C7H16NOSi/c1-5-8(4)6-7(2,3)9-10/h5-6H2,1-4H3. The van der Waals surface area contributed by atoms with Crippen molar-refractivity contribution in [3.05, 3.63) is 0 Å². The lowest BCUT2D eigenvalue weighted by Crippen LogP contribution is -2.38. The van der Waals surface area contributed by atoms with Crippen molar-refractivity contribution in [3.63, 3.8) is 0 Å². The average molecular weight is 158 g/mol. The van der Waals surface area contributed by atoms with Crippen LogP contribution in [0.1, 0.15) is 20.8 Å². The highest BCUT2D eigenvalue weighted by atomic mass is 28.2. The van der Waals surface area contributed by atoms with E-state index >= 15 is 0 Å². The maximum atomic E-state index is 5.07. The van der Waals surface area contributed by atoms with Crippen molar-refractivity contribution in [1.29, 1.82) is 0 Å². The Balaban J connectivity index is 3.64. The molecule has 0 spiro atoms. The molecule has 2 nitrogen and oxygen atoms in total. The van der Waals surface area contributed by atoms with Crippen molar-refractivity contribution >= 4 is 10.5 Å². The molecule has 0 atom stereocenters. The van der Waals surface area contributed by atoms with Gasteiger partial charge in [-0.3, -0.25) is 0 Å². The smallest absolute Gasteiger partial charge is 0.247 e. The van der Waals surface area contributed by atoms with Gasteiger partial charge in [0.1, 0.15) is 0 Å². The second-order valence-corrected chi connectivity index (χ2v) is 3.40. The fourth-order valence-electron chi connectivity index (χ4n) is 0.794. The quantitative estimate of drug-likeness (QED) is 0.562. The summed E-state index contributed by atoms with van der Waals surface area (Å²) in [5, 5.41) is 0. The topological polar surface area (TPSA) is 12.5 Å². The Morgan fingerprint density at radius 3 is 2.30 bits per heavy atom. The lowest BCUT2D eigenvalue weighted by molar-refractivity contribution is 0.0809. The predicted molar refractivity (Wildman–Crippen MR) is 44.1 cm³/mol. The van der Waals surface area contributed by atoms with Gasteiger partial charge < -0.3 is 9.33 Å². The first-order valence-corrected chi connectivity index (χ1v) is 3.96. The third-order valence-electron chi connectivity index (χ3n) is 1.47. The Bertz CT molecular complexity index is 95.6. The van der Waals surface area contributed by atoms with Crippen LogP contribution in [-0.4, -0.2) is 41.1 Å². The Labute approximate surface area is 67.1 Å². The van der Waals surface area contributed by atoms with Crippen molar-refractivity contribution in [2.45, 2.75) is 26.4 Å². The summed E-state index contributed by atoms with van der Waals surface area (Å²) < 4.78 is 5.07. The van der Waals surface area contributed by atoms with Crippen LogP contribution < -0.4 is 0 Å². The molecule has 0 amide bonds. The van der Waals surface area contributed by atoms with Crippen LogP contribution in [-0.2, 0) is 4.43 Å². The van der Waals surface area contributed by atoms with E-state index in [2.05, 4.69) is 29.4 Å². The first-order valence-electron chi connectivity index (χ1n) is 3.55. The molecule has 0 aromatic rings. The Kier molecular flexibility index (Phi) is 4.16. The molecule has 0 N–H and O–H groups in total. The highest BCUT2D eigenvalue weighted by Crippen LogP contribution is 2.07. The molecule has 0 saturated heterocycles. The zero-order chi connectivity index (χ0) is 8.20. The summed E-state index contributed by atoms with van der Waals surface area (Å²) in [5.41, 5.74) is -0.0956. The van der Waals surface area contributed by atoms with Crippen LogP contribution in [0.2, 0.25) is 0 Å². The number of hydrogen-bond donors (Lipinski definition) is 0. The lowest BCUT2D eigenvalue weighted by atomic mass is 10.1. The van der Waals surface area contributed by atoms with Gasteiger partial charge in [-0.2, -0.15) is 0 Å². The van der Waals surface area contributed by atoms with E-state index in [1.165, 1.54) is 0 Å². The van der Waals surface area contributed by atoms with Gasteiger partial charge >= 0.3 is 0 Å². The van der Waals surface area contributed by atoms with E-state index in [0.717, 1.165) is 13.1 Å². The van der Waals surface area contributed by atoms with Gasteiger partial charge in [0.25, 0.3) is 0 Å². The van der Waals surface area contributed by atoms with Gasteiger partial charge in [0.15, 0.2) is 0 Å². The maximum Gasteiger partial charge on any atom is 0.247 e. The van der Waals surface area contributed by atoms with Gasteiger partial charge in [0.05, 0.1) is 5.60 Å². The molecule has 0 rings (SSSR count). The highest BCUT2D eigenvalue weighted by molar-refractivity contribution is 5.98. The molecule has 59 valence electrons. The summed E-state index contributed by atoms with van der Waals surface area (Å²) in [6.45, 7) is 8.22. The van der Waals surface area contributed by atoms with Crippen molar-refractivity contribution in [2.75, 3.05) is 20.1 Å². The highest BCUT2D eigenvalue weighted by Gasteiger charge is 2.16. The molecule has 3 heteroatoms. The minimum atomic E-state index is -0.0956. The Morgan fingerprint density at radius 1 is 1.50 bits per heavy atom. The summed E-state index contributed by atoms with van der Waals surface area (Å²) in [5.74, 6) is 0. The van der Waals surface area contributed by atoms with Gasteiger partial charge in [0, 0.05) is 6.54 Å². The first kappa shape index (κ1) is 10.1. The lowest BCUT2D eigenvalue weighted by Gasteiger charge is -2.28. The summed E-state index contributed by atoms with van der Waals surface area (Å²) in [7, 11) is 5.12. The molecule has 0 aliphatic rings. The van der Waals surface area contributed by atoms with E-state index in [4.69, 9.17) is 4.43 Å². The third kappa shape index (κ3) is 4.03. The van der Waals surface area contributed by atoms with Crippen LogP contribution in [0.3, 0.4) is 0 Å². The predicted octanol–water partition coefficient (Wildman–Crippen LogP) is 0.817. The zero-order valence-electron chi connectivity index (χ0n) is 7.27. The van der Waals surface area contributed by atoms with Gasteiger partial charge in [-0.1, -0.05) is 6.92 Å². The van der Waals surface area contributed by atoms with Crippen LogP contribution in [0, 0.1) is 0 Å². The van der Waals surface area contributed by atoms with Crippen LogP contribution in [0.15, 0.2) is 0 Å². The number of likely N-dealkylation sites (N-methyl/N-ethyl adjacent to an activating group) is 1. The third-order valence-corrected chi connectivity index (χ3v) is 2.02. The summed E-state index contributed by atoms with van der Waals surface area (Å²) in [6.07, 6.45) is 0. The average Bonchev–Trinajstić information content (AvgIpc) is 1.87. The van der Waals surface area contributed by atoms with Gasteiger partial charge in [-0.05, 0) is 27.4 Å². The number of hydrogen-bond acceptors (Lipinski definition) is 2. The Hall–Kier alpha value is 0.137. The monoisotopic (exact) mass is 158 g/mol. The van der Waals surface area contributed by atoms with E-state index < -0.39 is 0 Å².